The third kappa shape index (κ3) is 5.49. The van der Waals surface area contributed by atoms with Crippen LogP contribution in [0.1, 0.15) is 26.2 Å². The largest absolute Gasteiger partial charge is 0.491 e. The lowest BCUT2D eigenvalue weighted by atomic mass is 10.2. The van der Waals surface area contributed by atoms with E-state index in [1.54, 1.807) is 19.1 Å². The van der Waals surface area contributed by atoms with Crippen LogP contribution in [0.25, 0.3) is 0 Å². The quantitative estimate of drug-likeness (QED) is 0.568. The minimum absolute atomic E-state index is 0.202. The predicted molar refractivity (Wildman–Crippen MR) is 70.1 cm³/mol. The standard InChI is InChI=1S/C13H16BrFO3/c1-2-17-13(16)5-3-4-8-18-12-7-6-10(14)9-11(12)15/h6-7,9H,2-5,8H2,1H3. The van der Waals surface area contributed by atoms with E-state index in [1.807, 2.05) is 0 Å². The van der Waals surface area contributed by atoms with Gasteiger partial charge in [0.15, 0.2) is 11.6 Å². The Morgan fingerprint density at radius 2 is 2.17 bits per heavy atom. The maximum Gasteiger partial charge on any atom is 0.305 e. The summed E-state index contributed by atoms with van der Waals surface area (Å²) in [6, 6.07) is 4.65. The lowest BCUT2D eigenvalue weighted by Crippen LogP contribution is -2.05. The Balaban J connectivity index is 2.20. The van der Waals surface area contributed by atoms with Gasteiger partial charge in [0, 0.05) is 10.9 Å². The Morgan fingerprint density at radius 3 is 2.83 bits per heavy atom. The molecule has 1 rings (SSSR count). The minimum Gasteiger partial charge on any atom is -0.491 e. The molecule has 0 saturated carbocycles. The van der Waals surface area contributed by atoms with E-state index in [-0.39, 0.29) is 11.7 Å². The van der Waals surface area contributed by atoms with Crippen molar-refractivity contribution in [1.82, 2.24) is 0 Å². The van der Waals surface area contributed by atoms with Crippen molar-refractivity contribution in [3.63, 3.8) is 0 Å². The van der Waals surface area contributed by atoms with Crippen LogP contribution in [-0.2, 0) is 9.53 Å². The molecule has 0 heterocycles. The first kappa shape index (κ1) is 15.0. The van der Waals surface area contributed by atoms with Gasteiger partial charge in [-0.1, -0.05) is 15.9 Å². The highest BCUT2D eigenvalue weighted by atomic mass is 79.9. The molecule has 0 aromatic heterocycles. The van der Waals surface area contributed by atoms with E-state index >= 15 is 0 Å². The molecule has 100 valence electrons. The van der Waals surface area contributed by atoms with Gasteiger partial charge in [0.25, 0.3) is 0 Å². The van der Waals surface area contributed by atoms with E-state index in [9.17, 15) is 9.18 Å². The number of hydrogen-bond acceptors (Lipinski definition) is 3. The van der Waals surface area contributed by atoms with Crippen molar-refractivity contribution in [3.05, 3.63) is 28.5 Å². The fourth-order valence-electron chi connectivity index (χ4n) is 1.38. The molecular weight excluding hydrogens is 303 g/mol. The summed E-state index contributed by atoms with van der Waals surface area (Å²) in [6.07, 6.45) is 1.74. The normalized spacial score (nSPS) is 10.2. The molecule has 0 spiro atoms. The monoisotopic (exact) mass is 318 g/mol. The van der Waals surface area contributed by atoms with Gasteiger partial charge in [0.1, 0.15) is 0 Å². The molecule has 3 nitrogen and oxygen atoms in total. The second-order valence-corrected chi connectivity index (χ2v) is 4.60. The molecule has 0 fully saturated rings. The van der Waals surface area contributed by atoms with Gasteiger partial charge in [-0.05, 0) is 38.0 Å². The summed E-state index contributed by atoms with van der Waals surface area (Å²) in [7, 11) is 0. The van der Waals surface area contributed by atoms with Crippen molar-refractivity contribution in [2.75, 3.05) is 13.2 Å². The summed E-state index contributed by atoms with van der Waals surface area (Å²) in [6.45, 7) is 2.56. The number of carbonyl (C=O) groups is 1. The second-order valence-electron chi connectivity index (χ2n) is 3.69. The third-order valence-corrected chi connectivity index (χ3v) is 2.73. The molecule has 5 heteroatoms. The Labute approximate surface area is 114 Å². The fourth-order valence-corrected chi connectivity index (χ4v) is 1.71. The van der Waals surface area contributed by atoms with Gasteiger partial charge in [-0.2, -0.15) is 0 Å². The van der Waals surface area contributed by atoms with Crippen LogP contribution in [0.15, 0.2) is 22.7 Å². The molecule has 0 aliphatic rings. The van der Waals surface area contributed by atoms with Crippen molar-refractivity contribution in [2.24, 2.45) is 0 Å². The molecule has 0 saturated heterocycles. The average Bonchev–Trinajstić information content (AvgIpc) is 2.31. The van der Waals surface area contributed by atoms with Crippen LogP contribution in [0.3, 0.4) is 0 Å². The van der Waals surface area contributed by atoms with E-state index in [2.05, 4.69) is 15.9 Å². The van der Waals surface area contributed by atoms with Crippen LogP contribution in [0, 0.1) is 5.82 Å². The Morgan fingerprint density at radius 1 is 1.39 bits per heavy atom. The van der Waals surface area contributed by atoms with Crippen LogP contribution in [0.5, 0.6) is 5.75 Å². The number of halogens is 2. The number of unbranched alkanes of at least 4 members (excludes halogenated alkanes) is 1. The van der Waals surface area contributed by atoms with E-state index in [0.29, 0.717) is 36.9 Å². The van der Waals surface area contributed by atoms with Gasteiger partial charge >= 0.3 is 5.97 Å². The van der Waals surface area contributed by atoms with Crippen LogP contribution in [-0.4, -0.2) is 19.2 Å². The topological polar surface area (TPSA) is 35.5 Å². The van der Waals surface area contributed by atoms with Crippen LogP contribution < -0.4 is 4.74 Å². The SMILES string of the molecule is CCOC(=O)CCCCOc1ccc(Br)cc1F. The summed E-state index contributed by atoms with van der Waals surface area (Å²) in [5.41, 5.74) is 0. The first-order valence-corrected chi connectivity index (χ1v) is 6.66. The minimum atomic E-state index is -0.394. The van der Waals surface area contributed by atoms with E-state index in [4.69, 9.17) is 9.47 Å². The summed E-state index contributed by atoms with van der Waals surface area (Å²) >= 11 is 3.17. The van der Waals surface area contributed by atoms with E-state index in [0.717, 1.165) is 0 Å². The summed E-state index contributed by atoms with van der Waals surface area (Å²) in [5.74, 6) is -0.364. The Kier molecular flexibility index (Phi) is 6.72. The first-order valence-electron chi connectivity index (χ1n) is 5.87. The molecular formula is C13H16BrFO3. The lowest BCUT2D eigenvalue weighted by Gasteiger charge is -2.07. The van der Waals surface area contributed by atoms with Crippen molar-refractivity contribution >= 4 is 21.9 Å². The van der Waals surface area contributed by atoms with Crippen LogP contribution >= 0.6 is 15.9 Å². The van der Waals surface area contributed by atoms with Gasteiger partial charge in [0.2, 0.25) is 0 Å². The Bertz CT molecular complexity index is 396. The summed E-state index contributed by atoms with van der Waals surface area (Å²) in [5, 5.41) is 0. The first-order chi connectivity index (χ1) is 8.63. The summed E-state index contributed by atoms with van der Waals surface area (Å²) < 4.78 is 24.1. The van der Waals surface area contributed by atoms with Gasteiger partial charge in [-0.3, -0.25) is 4.79 Å². The second kappa shape index (κ2) is 8.08. The molecule has 0 radical (unpaired) electrons. The molecule has 0 atom stereocenters. The zero-order valence-electron chi connectivity index (χ0n) is 10.2. The van der Waals surface area contributed by atoms with Gasteiger partial charge in [0.05, 0.1) is 13.2 Å². The number of benzene rings is 1. The van der Waals surface area contributed by atoms with Gasteiger partial charge < -0.3 is 9.47 Å². The van der Waals surface area contributed by atoms with Crippen molar-refractivity contribution in [1.29, 1.82) is 0 Å². The molecule has 0 aliphatic heterocycles. The molecule has 0 aliphatic carbocycles. The third-order valence-electron chi connectivity index (χ3n) is 2.23. The van der Waals surface area contributed by atoms with E-state index in [1.165, 1.54) is 6.07 Å². The van der Waals surface area contributed by atoms with Gasteiger partial charge in [-0.25, -0.2) is 4.39 Å². The number of rotatable bonds is 7. The van der Waals surface area contributed by atoms with Crippen molar-refractivity contribution in [2.45, 2.75) is 26.2 Å². The van der Waals surface area contributed by atoms with Crippen LogP contribution in [0.4, 0.5) is 4.39 Å². The summed E-state index contributed by atoms with van der Waals surface area (Å²) in [4.78, 5) is 11.0. The maximum atomic E-state index is 13.4. The highest BCUT2D eigenvalue weighted by Crippen LogP contribution is 2.21. The van der Waals surface area contributed by atoms with Crippen molar-refractivity contribution < 1.29 is 18.7 Å². The highest BCUT2D eigenvalue weighted by molar-refractivity contribution is 9.10. The smallest absolute Gasteiger partial charge is 0.305 e. The molecule has 0 unspecified atom stereocenters. The van der Waals surface area contributed by atoms with E-state index < -0.39 is 5.82 Å². The maximum absolute atomic E-state index is 13.4. The molecule has 0 amide bonds. The zero-order valence-corrected chi connectivity index (χ0v) is 11.8. The average molecular weight is 319 g/mol. The van der Waals surface area contributed by atoms with Gasteiger partial charge in [-0.15, -0.1) is 0 Å². The number of ether oxygens (including phenoxy) is 2. The number of carbonyl (C=O) groups excluding carboxylic acids is 1. The molecule has 0 bridgehead atoms. The number of esters is 1. The number of hydrogen-bond donors (Lipinski definition) is 0. The molecule has 18 heavy (non-hydrogen) atoms. The lowest BCUT2D eigenvalue weighted by molar-refractivity contribution is -0.143. The molecule has 0 N–H and O–H groups in total. The predicted octanol–water partition coefficient (Wildman–Crippen LogP) is 3.70. The Hall–Kier alpha value is -1.10. The molecule has 1 aromatic rings. The zero-order chi connectivity index (χ0) is 13.4. The molecule has 1 aromatic carbocycles. The van der Waals surface area contributed by atoms with Crippen LogP contribution in [0.2, 0.25) is 0 Å². The fraction of sp³-hybridized carbons (Fsp3) is 0.462. The highest BCUT2D eigenvalue weighted by Gasteiger charge is 2.04. The van der Waals surface area contributed by atoms with Crippen molar-refractivity contribution in [3.8, 4) is 5.75 Å².